The van der Waals surface area contributed by atoms with Crippen LogP contribution in [0.3, 0.4) is 0 Å². The SMILES string of the molecule is Cc1oc2c(CN)c3oc(=O)c(C)c(C)c3c(C)c2c1C. The van der Waals surface area contributed by atoms with Crippen molar-refractivity contribution in [3.63, 3.8) is 0 Å². The molecule has 21 heavy (non-hydrogen) atoms. The first kappa shape index (κ1) is 13.9. The Balaban J connectivity index is 2.74. The lowest BCUT2D eigenvalue weighted by Crippen LogP contribution is -2.09. The van der Waals surface area contributed by atoms with Crippen molar-refractivity contribution in [1.82, 2.24) is 0 Å². The van der Waals surface area contributed by atoms with Crippen molar-refractivity contribution in [2.24, 2.45) is 5.73 Å². The van der Waals surface area contributed by atoms with Crippen molar-refractivity contribution in [2.75, 3.05) is 0 Å². The van der Waals surface area contributed by atoms with Gasteiger partial charge in [0.1, 0.15) is 16.9 Å². The van der Waals surface area contributed by atoms with E-state index in [1.807, 2.05) is 27.7 Å². The number of fused-ring (bicyclic) bond motifs is 2. The molecule has 0 saturated carbocycles. The zero-order valence-corrected chi connectivity index (χ0v) is 13.0. The number of furan rings is 1. The molecule has 3 aromatic rings. The number of nitrogens with two attached hydrogens (primary N) is 1. The van der Waals surface area contributed by atoms with Crippen LogP contribution in [0.2, 0.25) is 0 Å². The summed E-state index contributed by atoms with van der Waals surface area (Å²) in [5.41, 5.74) is 11.5. The molecule has 4 heteroatoms. The quantitative estimate of drug-likeness (QED) is 0.694. The van der Waals surface area contributed by atoms with Gasteiger partial charge in [-0.05, 0) is 51.3 Å². The van der Waals surface area contributed by atoms with Crippen molar-refractivity contribution >= 4 is 21.9 Å². The second-order valence-corrected chi connectivity index (χ2v) is 5.64. The molecule has 2 heterocycles. The first-order valence-corrected chi connectivity index (χ1v) is 7.03. The number of aryl methyl sites for hydroxylation is 4. The molecule has 0 bridgehead atoms. The highest BCUT2D eigenvalue weighted by Gasteiger charge is 2.21. The average Bonchev–Trinajstić information content (AvgIpc) is 2.73. The van der Waals surface area contributed by atoms with E-state index in [1.54, 1.807) is 6.92 Å². The summed E-state index contributed by atoms with van der Waals surface area (Å²) < 4.78 is 11.4. The Morgan fingerprint density at radius 3 is 2.00 bits per heavy atom. The van der Waals surface area contributed by atoms with Crippen LogP contribution >= 0.6 is 0 Å². The topological polar surface area (TPSA) is 69.4 Å². The molecule has 110 valence electrons. The lowest BCUT2D eigenvalue weighted by molar-refractivity contribution is 0.543. The van der Waals surface area contributed by atoms with Crippen molar-refractivity contribution in [2.45, 2.75) is 41.2 Å². The fourth-order valence-electron chi connectivity index (χ4n) is 3.10. The zero-order valence-electron chi connectivity index (χ0n) is 13.0. The lowest BCUT2D eigenvalue weighted by Gasteiger charge is -2.12. The zero-order chi connectivity index (χ0) is 15.5. The van der Waals surface area contributed by atoms with Gasteiger partial charge in [-0.1, -0.05) is 0 Å². The van der Waals surface area contributed by atoms with E-state index in [1.165, 1.54) is 0 Å². The van der Waals surface area contributed by atoms with Gasteiger partial charge >= 0.3 is 5.63 Å². The Kier molecular flexibility index (Phi) is 2.95. The Morgan fingerprint density at radius 2 is 1.38 bits per heavy atom. The third-order valence-electron chi connectivity index (χ3n) is 4.55. The summed E-state index contributed by atoms with van der Waals surface area (Å²) in [6.07, 6.45) is 0. The van der Waals surface area contributed by atoms with Crippen LogP contribution < -0.4 is 11.4 Å². The maximum Gasteiger partial charge on any atom is 0.339 e. The molecule has 0 saturated heterocycles. The molecule has 0 atom stereocenters. The van der Waals surface area contributed by atoms with E-state index in [4.69, 9.17) is 14.6 Å². The van der Waals surface area contributed by atoms with Crippen LogP contribution in [-0.2, 0) is 6.54 Å². The van der Waals surface area contributed by atoms with Crippen LogP contribution in [0.1, 0.15) is 33.6 Å². The first-order valence-electron chi connectivity index (χ1n) is 7.03. The molecule has 2 N–H and O–H groups in total. The largest absolute Gasteiger partial charge is 0.461 e. The molecule has 0 unspecified atom stereocenters. The van der Waals surface area contributed by atoms with E-state index in [2.05, 4.69) is 0 Å². The molecule has 3 rings (SSSR count). The van der Waals surface area contributed by atoms with Gasteiger partial charge in [-0.2, -0.15) is 0 Å². The fraction of sp³-hybridized carbons (Fsp3) is 0.353. The van der Waals surface area contributed by atoms with Crippen LogP contribution in [0.25, 0.3) is 21.9 Å². The Morgan fingerprint density at radius 1 is 0.810 bits per heavy atom. The fourth-order valence-corrected chi connectivity index (χ4v) is 3.10. The molecular formula is C17H19NO3. The summed E-state index contributed by atoms with van der Waals surface area (Å²) in [4.78, 5) is 12.0. The normalized spacial score (nSPS) is 11.7. The van der Waals surface area contributed by atoms with E-state index in [-0.39, 0.29) is 12.2 Å². The lowest BCUT2D eigenvalue weighted by atomic mass is 9.94. The summed E-state index contributed by atoms with van der Waals surface area (Å²) in [6, 6.07) is 0. The summed E-state index contributed by atoms with van der Waals surface area (Å²) in [7, 11) is 0. The van der Waals surface area contributed by atoms with E-state index >= 15 is 0 Å². The molecule has 1 aromatic carbocycles. The van der Waals surface area contributed by atoms with Crippen LogP contribution in [0.4, 0.5) is 0 Å². The smallest absolute Gasteiger partial charge is 0.339 e. The summed E-state index contributed by atoms with van der Waals surface area (Å²) in [5.74, 6) is 0.870. The van der Waals surface area contributed by atoms with Gasteiger partial charge < -0.3 is 14.6 Å². The van der Waals surface area contributed by atoms with Crippen molar-refractivity contribution in [3.05, 3.63) is 44.0 Å². The summed E-state index contributed by atoms with van der Waals surface area (Å²) in [6.45, 7) is 10.0. The first-order chi connectivity index (χ1) is 9.88. The highest BCUT2D eigenvalue weighted by atomic mass is 16.4. The maximum atomic E-state index is 12.0. The predicted octanol–water partition coefficient (Wildman–Crippen LogP) is 3.54. The maximum absolute atomic E-state index is 12.0. The van der Waals surface area contributed by atoms with Crippen molar-refractivity contribution in [1.29, 1.82) is 0 Å². The van der Waals surface area contributed by atoms with Gasteiger partial charge in [0.15, 0.2) is 0 Å². The highest BCUT2D eigenvalue weighted by molar-refractivity contribution is 6.04. The van der Waals surface area contributed by atoms with Gasteiger partial charge in [0.25, 0.3) is 0 Å². The van der Waals surface area contributed by atoms with Gasteiger partial charge in [-0.25, -0.2) is 4.79 Å². The van der Waals surface area contributed by atoms with Crippen LogP contribution in [0.15, 0.2) is 13.6 Å². The minimum atomic E-state index is -0.312. The monoisotopic (exact) mass is 285 g/mol. The second-order valence-electron chi connectivity index (χ2n) is 5.64. The van der Waals surface area contributed by atoms with E-state index in [0.717, 1.165) is 44.4 Å². The van der Waals surface area contributed by atoms with Gasteiger partial charge in [0.05, 0.1) is 5.56 Å². The summed E-state index contributed by atoms with van der Waals surface area (Å²) >= 11 is 0. The van der Waals surface area contributed by atoms with E-state index in [9.17, 15) is 4.79 Å². The molecular weight excluding hydrogens is 266 g/mol. The number of hydrogen-bond acceptors (Lipinski definition) is 4. The summed E-state index contributed by atoms with van der Waals surface area (Å²) in [5, 5.41) is 2.06. The molecule has 0 aliphatic carbocycles. The minimum Gasteiger partial charge on any atom is -0.461 e. The molecule has 0 aliphatic heterocycles. The standard InChI is InChI=1S/C17H19NO3/c1-7-8(2)17(19)21-16-12(6-18)15-14(10(4)13(7)16)9(3)11(5)20-15/h6,18H2,1-5H3. The number of benzene rings is 1. The van der Waals surface area contributed by atoms with Crippen LogP contribution in [0.5, 0.6) is 0 Å². The minimum absolute atomic E-state index is 0.269. The number of rotatable bonds is 1. The van der Waals surface area contributed by atoms with Gasteiger partial charge in [-0.3, -0.25) is 0 Å². The Bertz CT molecular complexity index is 945. The van der Waals surface area contributed by atoms with Gasteiger partial charge in [0, 0.05) is 22.9 Å². The molecule has 0 amide bonds. The predicted molar refractivity (Wildman–Crippen MR) is 83.8 cm³/mol. The highest BCUT2D eigenvalue weighted by Crippen LogP contribution is 2.38. The molecule has 2 aromatic heterocycles. The molecule has 0 fully saturated rings. The number of hydrogen-bond donors (Lipinski definition) is 1. The third kappa shape index (κ3) is 1.69. The van der Waals surface area contributed by atoms with Crippen LogP contribution in [0, 0.1) is 34.6 Å². The molecule has 4 nitrogen and oxygen atoms in total. The second kappa shape index (κ2) is 4.46. The third-order valence-corrected chi connectivity index (χ3v) is 4.55. The Hall–Kier alpha value is -2.07. The van der Waals surface area contributed by atoms with Crippen LogP contribution in [-0.4, -0.2) is 0 Å². The average molecular weight is 285 g/mol. The van der Waals surface area contributed by atoms with Gasteiger partial charge in [0.2, 0.25) is 0 Å². The Labute approximate surface area is 122 Å². The molecule has 0 aliphatic rings. The van der Waals surface area contributed by atoms with E-state index in [0.29, 0.717) is 11.1 Å². The van der Waals surface area contributed by atoms with E-state index < -0.39 is 0 Å². The van der Waals surface area contributed by atoms with Crippen molar-refractivity contribution < 1.29 is 8.83 Å². The molecule has 0 spiro atoms. The van der Waals surface area contributed by atoms with Crippen molar-refractivity contribution in [3.8, 4) is 0 Å². The van der Waals surface area contributed by atoms with Gasteiger partial charge in [-0.15, -0.1) is 0 Å². The molecule has 0 radical (unpaired) electrons.